The number of nitrogens with zero attached hydrogens (tertiary/aromatic N) is 3. The van der Waals surface area contributed by atoms with E-state index >= 15 is 0 Å². The van der Waals surface area contributed by atoms with Crippen molar-refractivity contribution in [2.24, 2.45) is 10.1 Å². The molecule has 0 spiro atoms. The van der Waals surface area contributed by atoms with Gasteiger partial charge in [-0.2, -0.15) is 10.0 Å². The lowest BCUT2D eigenvalue weighted by atomic mass is 10.1. The summed E-state index contributed by atoms with van der Waals surface area (Å²) >= 11 is 0.765. The zero-order valence-corrected chi connectivity index (χ0v) is 16.3. The van der Waals surface area contributed by atoms with Gasteiger partial charge in [0, 0.05) is 0 Å². The topological polar surface area (TPSA) is 121 Å². The van der Waals surface area contributed by atoms with Crippen LogP contribution in [0.3, 0.4) is 0 Å². The first-order valence-corrected chi connectivity index (χ1v) is 10.2. The largest absolute Gasteiger partial charge is 0.493 e. The van der Waals surface area contributed by atoms with Crippen molar-refractivity contribution < 1.29 is 22.7 Å². The third-order valence-electron chi connectivity index (χ3n) is 3.80. The van der Waals surface area contributed by atoms with Crippen LogP contribution < -0.4 is 9.47 Å². The second-order valence-corrected chi connectivity index (χ2v) is 8.81. The first kappa shape index (κ1) is 19.1. The third-order valence-corrected chi connectivity index (χ3v) is 6.89. The molecule has 0 saturated heterocycles. The van der Waals surface area contributed by atoms with Crippen LogP contribution in [0, 0.1) is 5.41 Å². The molecule has 0 fully saturated rings. The number of fused-ring (bicyclic) bond motifs is 1. The summed E-state index contributed by atoms with van der Waals surface area (Å²) in [6, 6.07) is 5.02. The SMILES string of the molecule is CCS(=O)(=O)C1=NN2C(=N)/C(=C\c3ccc(OC)c(OC)c3)C(=O)N=C2S1. The molecule has 0 atom stereocenters. The molecule has 0 radical (unpaired) electrons. The average Bonchev–Trinajstić information content (AvgIpc) is 3.09. The van der Waals surface area contributed by atoms with Gasteiger partial charge in [0.2, 0.25) is 19.4 Å². The normalized spacial score (nSPS) is 18.3. The van der Waals surface area contributed by atoms with Gasteiger partial charge in [0.1, 0.15) is 0 Å². The van der Waals surface area contributed by atoms with Crippen molar-refractivity contribution in [2.45, 2.75) is 6.92 Å². The number of amidine groups is 2. The fourth-order valence-electron chi connectivity index (χ4n) is 2.33. The number of ether oxygens (including phenoxy) is 2. The Balaban J connectivity index is 1.99. The summed E-state index contributed by atoms with van der Waals surface area (Å²) in [4.78, 5) is 16.2. The highest BCUT2D eigenvalue weighted by Crippen LogP contribution is 2.32. The number of nitrogens with one attached hydrogen (secondary N) is 1. The van der Waals surface area contributed by atoms with Crippen LogP contribution >= 0.6 is 11.8 Å². The molecule has 3 rings (SSSR count). The van der Waals surface area contributed by atoms with Crippen molar-refractivity contribution in [2.75, 3.05) is 20.0 Å². The van der Waals surface area contributed by atoms with Gasteiger partial charge < -0.3 is 9.47 Å². The lowest BCUT2D eigenvalue weighted by Crippen LogP contribution is -2.35. The maximum absolute atomic E-state index is 12.4. The number of aliphatic imine (C=N–C) groups is 1. The quantitative estimate of drug-likeness (QED) is 0.753. The zero-order chi connectivity index (χ0) is 19.8. The van der Waals surface area contributed by atoms with Crippen LogP contribution in [0.25, 0.3) is 6.08 Å². The second-order valence-electron chi connectivity index (χ2n) is 5.40. The third kappa shape index (κ3) is 3.47. The van der Waals surface area contributed by atoms with Crippen LogP contribution in [0.1, 0.15) is 12.5 Å². The van der Waals surface area contributed by atoms with E-state index in [1.165, 1.54) is 27.2 Å². The highest BCUT2D eigenvalue weighted by atomic mass is 32.3. The molecule has 2 aliphatic rings. The number of hydrogen-bond donors (Lipinski definition) is 1. The number of thioether (sulfide) groups is 1. The van der Waals surface area contributed by atoms with E-state index < -0.39 is 15.7 Å². The molecule has 9 nitrogen and oxygen atoms in total. The molecule has 0 bridgehead atoms. The molecule has 2 heterocycles. The summed E-state index contributed by atoms with van der Waals surface area (Å²) in [5, 5.41) is 13.3. The molecule has 1 N–H and O–H groups in total. The van der Waals surface area contributed by atoms with Gasteiger partial charge in [0.25, 0.3) is 5.91 Å². The maximum atomic E-state index is 12.4. The number of hydrazone groups is 1. The minimum atomic E-state index is -3.56. The molecule has 1 amide bonds. The lowest BCUT2D eigenvalue weighted by Gasteiger charge is -2.20. The summed E-state index contributed by atoms with van der Waals surface area (Å²) in [5.74, 6) is -0.0143. The van der Waals surface area contributed by atoms with Crippen molar-refractivity contribution in [3.05, 3.63) is 29.3 Å². The molecule has 0 saturated carbocycles. The Hall–Kier alpha value is -2.66. The van der Waals surface area contributed by atoms with Crippen LogP contribution in [-0.2, 0) is 14.6 Å². The van der Waals surface area contributed by atoms with E-state index in [2.05, 4.69) is 10.1 Å². The number of hydrogen-bond acceptors (Lipinski definition) is 8. The van der Waals surface area contributed by atoms with E-state index in [4.69, 9.17) is 14.9 Å². The smallest absolute Gasteiger partial charge is 0.283 e. The van der Waals surface area contributed by atoms with Gasteiger partial charge in [0.15, 0.2) is 17.3 Å². The second kappa shape index (κ2) is 7.16. The zero-order valence-electron chi connectivity index (χ0n) is 14.7. The van der Waals surface area contributed by atoms with Crippen LogP contribution in [0.5, 0.6) is 11.5 Å². The van der Waals surface area contributed by atoms with Crippen LogP contribution in [0.15, 0.2) is 33.9 Å². The summed E-state index contributed by atoms with van der Waals surface area (Å²) < 4.78 is 34.2. The van der Waals surface area contributed by atoms with Gasteiger partial charge in [-0.25, -0.2) is 8.42 Å². The molecular formula is C16H16N4O5S2. The minimum Gasteiger partial charge on any atom is -0.493 e. The molecule has 0 unspecified atom stereocenters. The minimum absolute atomic E-state index is 0.00883. The predicted molar refractivity (Wildman–Crippen MR) is 104 cm³/mol. The van der Waals surface area contributed by atoms with Gasteiger partial charge in [0.05, 0.1) is 25.5 Å². The molecule has 27 heavy (non-hydrogen) atoms. The average molecular weight is 408 g/mol. The van der Waals surface area contributed by atoms with E-state index in [0.29, 0.717) is 17.1 Å². The Labute approximate surface area is 160 Å². The molecular weight excluding hydrogens is 392 g/mol. The van der Waals surface area contributed by atoms with E-state index in [0.717, 1.165) is 16.8 Å². The van der Waals surface area contributed by atoms with E-state index in [1.54, 1.807) is 18.2 Å². The number of rotatable bonds is 4. The van der Waals surface area contributed by atoms with Gasteiger partial charge in [-0.05, 0) is 35.5 Å². The number of sulfone groups is 1. The highest BCUT2D eigenvalue weighted by molar-refractivity contribution is 8.42. The number of carbonyl (C=O) groups excluding carboxylic acids is 1. The van der Waals surface area contributed by atoms with Crippen molar-refractivity contribution in [3.63, 3.8) is 0 Å². The summed E-state index contributed by atoms with van der Waals surface area (Å²) in [6.07, 6.45) is 1.47. The number of amides is 1. The van der Waals surface area contributed by atoms with Gasteiger partial charge in [-0.15, -0.1) is 5.10 Å². The monoisotopic (exact) mass is 408 g/mol. The van der Waals surface area contributed by atoms with Gasteiger partial charge in [-0.1, -0.05) is 13.0 Å². The van der Waals surface area contributed by atoms with Crippen molar-refractivity contribution in [1.29, 1.82) is 5.41 Å². The molecule has 1 aromatic rings. The number of methoxy groups -OCH3 is 2. The fourth-order valence-corrected chi connectivity index (χ4v) is 4.50. The summed E-state index contributed by atoms with van der Waals surface area (Å²) in [6.45, 7) is 1.50. The van der Waals surface area contributed by atoms with E-state index in [-0.39, 0.29) is 26.7 Å². The lowest BCUT2D eigenvalue weighted by molar-refractivity contribution is -0.114. The summed E-state index contributed by atoms with van der Waals surface area (Å²) in [5.41, 5.74) is 0.585. The number of carbonyl (C=O) groups is 1. The first-order valence-electron chi connectivity index (χ1n) is 7.75. The predicted octanol–water partition coefficient (Wildman–Crippen LogP) is 1.72. The standard InChI is InChI=1S/C16H16N4O5S2/c1-4-27(22,23)16-19-20-13(17)10(14(21)18-15(20)26-16)7-9-5-6-11(24-2)12(8-9)25-3/h5-8,17H,4H2,1-3H3/b10-7+,17-13?. The van der Waals surface area contributed by atoms with E-state index in [9.17, 15) is 13.2 Å². The Morgan fingerprint density at radius 3 is 2.59 bits per heavy atom. The first-order chi connectivity index (χ1) is 12.8. The molecule has 1 aromatic carbocycles. The summed E-state index contributed by atoms with van der Waals surface area (Å²) in [7, 11) is -0.555. The van der Waals surface area contributed by atoms with Crippen LogP contribution in [0.2, 0.25) is 0 Å². The Morgan fingerprint density at radius 2 is 1.96 bits per heavy atom. The highest BCUT2D eigenvalue weighted by Gasteiger charge is 2.39. The van der Waals surface area contributed by atoms with Crippen molar-refractivity contribution in [3.8, 4) is 11.5 Å². The Morgan fingerprint density at radius 1 is 1.26 bits per heavy atom. The fraction of sp³-hybridized carbons (Fsp3) is 0.250. The molecule has 2 aliphatic heterocycles. The van der Waals surface area contributed by atoms with E-state index in [1.807, 2.05) is 0 Å². The van der Waals surface area contributed by atoms with Gasteiger partial charge >= 0.3 is 0 Å². The molecule has 0 aromatic heterocycles. The molecule has 0 aliphatic carbocycles. The molecule has 11 heteroatoms. The van der Waals surface area contributed by atoms with Crippen LogP contribution in [-0.4, -0.2) is 54.7 Å². The Kier molecular flexibility index (Phi) is 5.07. The molecule has 142 valence electrons. The Bertz CT molecular complexity index is 1030. The van der Waals surface area contributed by atoms with Crippen molar-refractivity contribution >= 4 is 49.0 Å². The number of benzene rings is 1. The van der Waals surface area contributed by atoms with Crippen molar-refractivity contribution in [1.82, 2.24) is 5.01 Å². The maximum Gasteiger partial charge on any atom is 0.283 e. The van der Waals surface area contributed by atoms with Gasteiger partial charge in [-0.3, -0.25) is 10.2 Å². The van der Waals surface area contributed by atoms with Crippen LogP contribution in [0.4, 0.5) is 0 Å².